The summed E-state index contributed by atoms with van der Waals surface area (Å²) < 4.78 is 5.29. The molecule has 4 rings (SSSR count). The Balaban J connectivity index is 1.87. The molecule has 0 saturated heterocycles. The molecule has 2 aliphatic rings. The minimum atomic E-state index is -0.469. The van der Waals surface area contributed by atoms with E-state index in [-0.39, 0.29) is 12.3 Å². The molecule has 2 heterocycles. The molecule has 8 heteroatoms. The van der Waals surface area contributed by atoms with Crippen molar-refractivity contribution in [1.82, 2.24) is 0 Å². The summed E-state index contributed by atoms with van der Waals surface area (Å²) in [5.74, 6) is -0.430. The zero-order chi connectivity index (χ0) is 19.8. The molecule has 0 N–H and O–H groups in total. The number of nitro groups is 1. The van der Waals surface area contributed by atoms with Crippen LogP contribution in [0, 0.1) is 10.1 Å². The van der Waals surface area contributed by atoms with Gasteiger partial charge in [-0.05, 0) is 55.4 Å². The van der Waals surface area contributed by atoms with Crippen molar-refractivity contribution in [2.24, 2.45) is 4.99 Å². The first kappa shape index (κ1) is 18.2. The molecule has 0 fully saturated rings. The van der Waals surface area contributed by atoms with Crippen LogP contribution in [0.3, 0.4) is 0 Å². The van der Waals surface area contributed by atoms with E-state index < -0.39 is 16.9 Å². The van der Waals surface area contributed by atoms with E-state index in [2.05, 4.69) is 4.99 Å². The number of hydrogen-bond donors (Lipinski definition) is 0. The van der Waals surface area contributed by atoms with Crippen molar-refractivity contribution in [3.63, 3.8) is 0 Å². The zero-order valence-corrected chi connectivity index (χ0v) is 16.1. The highest BCUT2D eigenvalue weighted by molar-refractivity contribution is 8.14. The first-order valence-electron chi connectivity index (χ1n) is 8.78. The van der Waals surface area contributed by atoms with Crippen LogP contribution in [-0.4, -0.2) is 22.7 Å². The lowest BCUT2D eigenvalue weighted by Gasteiger charge is -2.34. The van der Waals surface area contributed by atoms with Gasteiger partial charge in [0.25, 0.3) is 5.69 Å². The number of para-hydroxylation sites is 1. The number of nitro benzene ring substituents is 1. The van der Waals surface area contributed by atoms with Crippen LogP contribution in [0.2, 0.25) is 0 Å². The fourth-order valence-corrected chi connectivity index (χ4v) is 4.51. The minimum Gasteiger partial charge on any atom is -0.463 e. The van der Waals surface area contributed by atoms with Crippen LogP contribution in [0.4, 0.5) is 11.4 Å². The Morgan fingerprint density at radius 1 is 1.25 bits per heavy atom. The van der Waals surface area contributed by atoms with E-state index in [0.29, 0.717) is 11.3 Å². The fourth-order valence-electron chi connectivity index (χ4n) is 3.41. The average molecular weight is 395 g/mol. The lowest BCUT2D eigenvalue weighted by molar-refractivity contribution is -0.384. The van der Waals surface area contributed by atoms with Gasteiger partial charge in [-0.15, -0.1) is 0 Å². The summed E-state index contributed by atoms with van der Waals surface area (Å²) in [6, 6.07) is 13.7. The molecule has 2 aliphatic heterocycles. The Morgan fingerprint density at radius 2 is 1.96 bits per heavy atom. The predicted octanol–water partition coefficient (Wildman–Crippen LogP) is 4.45. The summed E-state index contributed by atoms with van der Waals surface area (Å²) in [7, 11) is 0. The van der Waals surface area contributed by atoms with Crippen molar-refractivity contribution in [2.75, 3.05) is 11.5 Å². The summed E-state index contributed by atoms with van der Waals surface area (Å²) in [6.07, 6.45) is 0. The first-order chi connectivity index (χ1) is 13.5. The van der Waals surface area contributed by atoms with Gasteiger partial charge in [0, 0.05) is 17.0 Å². The second kappa shape index (κ2) is 7.12. The van der Waals surface area contributed by atoms with E-state index in [9.17, 15) is 14.9 Å². The topological polar surface area (TPSA) is 85.0 Å². The number of carbonyl (C=O) groups is 1. The molecule has 0 radical (unpaired) electrons. The number of hydrogen-bond acceptors (Lipinski definition) is 7. The summed E-state index contributed by atoms with van der Waals surface area (Å²) in [4.78, 5) is 31.1. The van der Waals surface area contributed by atoms with Gasteiger partial charge in [-0.3, -0.25) is 10.1 Å². The summed E-state index contributed by atoms with van der Waals surface area (Å²) >= 11 is 1.54. The largest absolute Gasteiger partial charge is 0.463 e. The van der Waals surface area contributed by atoms with E-state index in [4.69, 9.17) is 4.74 Å². The smallest absolute Gasteiger partial charge is 0.338 e. The number of esters is 1. The Hall–Kier alpha value is -3.13. The highest BCUT2D eigenvalue weighted by atomic mass is 32.2. The molecule has 1 atom stereocenters. The van der Waals surface area contributed by atoms with Crippen molar-refractivity contribution >= 4 is 34.3 Å². The van der Waals surface area contributed by atoms with Gasteiger partial charge in [0.1, 0.15) is 0 Å². The number of non-ortho nitro benzene ring substituents is 1. The SMILES string of the molecule is CCOC(=O)C1=C(C)N=C2Sc3ccccc3N2C1c1ccc([N+](=O)[O-])cc1. The third-order valence-electron chi connectivity index (χ3n) is 4.63. The number of carbonyl (C=O) groups excluding carboxylic acids is 1. The molecule has 0 aromatic heterocycles. The molecule has 0 bridgehead atoms. The van der Waals surface area contributed by atoms with Crippen LogP contribution in [-0.2, 0) is 9.53 Å². The van der Waals surface area contributed by atoms with Crippen LogP contribution >= 0.6 is 11.8 Å². The van der Waals surface area contributed by atoms with Crippen molar-refractivity contribution in [3.8, 4) is 0 Å². The lowest BCUT2D eigenvalue weighted by Crippen LogP contribution is -2.37. The molecule has 142 valence electrons. The van der Waals surface area contributed by atoms with Crippen molar-refractivity contribution in [3.05, 3.63) is 75.5 Å². The van der Waals surface area contributed by atoms with Gasteiger partial charge in [0.05, 0.1) is 34.5 Å². The summed E-state index contributed by atoms with van der Waals surface area (Å²) in [5, 5.41) is 11.8. The van der Waals surface area contributed by atoms with E-state index in [1.807, 2.05) is 29.2 Å². The van der Waals surface area contributed by atoms with Crippen molar-refractivity contribution < 1.29 is 14.5 Å². The maximum Gasteiger partial charge on any atom is 0.338 e. The molecule has 1 unspecified atom stereocenters. The minimum absolute atomic E-state index is 0.00281. The predicted molar refractivity (Wildman–Crippen MR) is 107 cm³/mol. The average Bonchev–Trinajstić information content (AvgIpc) is 3.05. The quantitative estimate of drug-likeness (QED) is 0.432. The van der Waals surface area contributed by atoms with Crippen molar-refractivity contribution in [2.45, 2.75) is 24.8 Å². The molecular weight excluding hydrogens is 378 g/mol. The third-order valence-corrected chi connectivity index (χ3v) is 5.67. The Kier molecular flexibility index (Phi) is 4.64. The Labute approximate surface area is 165 Å². The highest BCUT2D eigenvalue weighted by Crippen LogP contribution is 2.49. The summed E-state index contributed by atoms with van der Waals surface area (Å²) in [6.45, 7) is 3.80. The van der Waals surface area contributed by atoms with Gasteiger partial charge in [-0.25, -0.2) is 9.79 Å². The summed E-state index contributed by atoms with van der Waals surface area (Å²) in [5.41, 5.74) is 2.75. The maximum atomic E-state index is 12.8. The first-order valence-corrected chi connectivity index (χ1v) is 9.60. The van der Waals surface area contributed by atoms with Gasteiger partial charge in [0.15, 0.2) is 5.17 Å². The van der Waals surface area contributed by atoms with Gasteiger partial charge in [-0.1, -0.05) is 12.1 Å². The monoisotopic (exact) mass is 395 g/mol. The van der Waals surface area contributed by atoms with E-state index in [0.717, 1.165) is 21.3 Å². The highest BCUT2D eigenvalue weighted by Gasteiger charge is 2.41. The number of thioether (sulfide) groups is 1. The van der Waals surface area contributed by atoms with Gasteiger partial charge < -0.3 is 9.64 Å². The van der Waals surface area contributed by atoms with Gasteiger partial charge in [0.2, 0.25) is 0 Å². The second-order valence-electron chi connectivity index (χ2n) is 6.30. The maximum absolute atomic E-state index is 12.8. The van der Waals surface area contributed by atoms with E-state index in [1.54, 1.807) is 26.0 Å². The second-order valence-corrected chi connectivity index (χ2v) is 7.31. The normalized spacial score (nSPS) is 17.7. The number of amidine groups is 1. The molecule has 0 saturated carbocycles. The number of aliphatic imine (C=N–C) groups is 1. The van der Waals surface area contributed by atoms with E-state index in [1.165, 1.54) is 23.9 Å². The van der Waals surface area contributed by atoms with Crippen LogP contribution in [0.5, 0.6) is 0 Å². The Morgan fingerprint density at radius 3 is 2.64 bits per heavy atom. The van der Waals surface area contributed by atoms with E-state index >= 15 is 0 Å². The number of ether oxygens (including phenoxy) is 1. The molecule has 2 aromatic rings. The Bertz CT molecular complexity index is 1030. The fraction of sp³-hybridized carbons (Fsp3) is 0.200. The third kappa shape index (κ3) is 2.95. The number of benzene rings is 2. The van der Waals surface area contributed by atoms with Gasteiger partial charge in [-0.2, -0.15) is 0 Å². The molecule has 28 heavy (non-hydrogen) atoms. The van der Waals surface area contributed by atoms with Gasteiger partial charge >= 0.3 is 5.97 Å². The lowest BCUT2D eigenvalue weighted by atomic mass is 9.94. The molecule has 0 aliphatic carbocycles. The molecular formula is C20H17N3O4S. The van der Waals surface area contributed by atoms with Crippen LogP contribution < -0.4 is 4.90 Å². The van der Waals surface area contributed by atoms with Crippen LogP contribution in [0.1, 0.15) is 25.5 Å². The number of fused-ring (bicyclic) bond motifs is 3. The standard InChI is InChI=1S/C20H17N3O4S/c1-3-27-19(24)17-12(2)21-20-22(15-6-4-5-7-16(15)28-20)18(17)13-8-10-14(11-9-13)23(25)26/h4-11,18H,3H2,1-2H3. The van der Waals surface area contributed by atoms with Crippen LogP contribution in [0.15, 0.2) is 69.7 Å². The number of rotatable bonds is 4. The van der Waals surface area contributed by atoms with Crippen molar-refractivity contribution in [1.29, 1.82) is 0 Å². The molecule has 0 amide bonds. The molecule has 2 aromatic carbocycles. The number of anilines is 1. The molecule has 0 spiro atoms. The molecule has 7 nitrogen and oxygen atoms in total. The number of allylic oxidation sites excluding steroid dienone is 1. The zero-order valence-electron chi connectivity index (χ0n) is 15.3. The van der Waals surface area contributed by atoms with Crippen LogP contribution in [0.25, 0.3) is 0 Å². The number of nitrogens with zero attached hydrogens (tertiary/aromatic N) is 3.